The van der Waals surface area contributed by atoms with E-state index in [1.807, 2.05) is 0 Å². The Hall–Kier alpha value is -2.87. The molecule has 1 amide bonds. The van der Waals surface area contributed by atoms with Crippen molar-refractivity contribution in [3.63, 3.8) is 0 Å². The van der Waals surface area contributed by atoms with Gasteiger partial charge in [-0.3, -0.25) is 14.2 Å². The molecule has 3 aromatic rings. The Kier molecular flexibility index (Phi) is 5.42. The molecule has 1 aromatic heterocycles. The van der Waals surface area contributed by atoms with Gasteiger partial charge in [0.05, 0.1) is 11.0 Å². The van der Waals surface area contributed by atoms with Crippen LogP contribution in [0.3, 0.4) is 0 Å². The monoisotopic (exact) mass is 409 g/mol. The predicted molar refractivity (Wildman–Crippen MR) is 99.0 cm³/mol. The first-order valence-corrected chi connectivity index (χ1v) is 8.67. The fraction of sp³-hybridized carbons (Fsp3) is 0.211. The molecule has 28 heavy (non-hydrogen) atoms. The Balaban J connectivity index is 1.98. The van der Waals surface area contributed by atoms with Crippen LogP contribution in [0.2, 0.25) is 5.02 Å². The maximum Gasteiger partial charge on any atom is 0.438 e. The van der Waals surface area contributed by atoms with Gasteiger partial charge in [0, 0.05) is 11.6 Å². The molecule has 1 N–H and O–H groups in total. The third-order valence-corrected chi connectivity index (χ3v) is 4.42. The van der Waals surface area contributed by atoms with Crippen molar-refractivity contribution in [1.29, 1.82) is 0 Å². The van der Waals surface area contributed by atoms with Gasteiger partial charge in [-0.15, -0.1) is 0 Å². The molecule has 0 unspecified atom stereocenters. The molecule has 5 nitrogen and oxygen atoms in total. The summed E-state index contributed by atoms with van der Waals surface area (Å²) in [6.45, 7) is 1.48. The highest BCUT2D eigenvalue weighted by Crippen LogP contribution is 2.27. The summed E-state index contributed by atoms with van der Waals surface area (Å²) in [5.41, 5.74) is -2.08. The summed E-state index contributed by atoms with van der Waals surface area (Å²) >= 11 is 5.89. The zero-order valence-electron chi connectivity index (χ0n) is 14.6. The van der Waals surface area contributed by atoms with E-state index in [4.69, 9.17) is 11.6 Å². The van der Waals surface area contributed by atoms with Crippen molar-refractivity contribution in [2.75, 3.05) is 0 Å². The Morgan fingerprint density at radius 2 is 1.93 bits per heavy atom. The molecular formula is C19H15ClF3N3O2. The Labute approximate surface area is 162 Å². The summed E-state index contributed by atoms with van der Waals surface area (Å²) in [6.07, 6.45) is -4.93. The Bertz CT molecular complexity index is 1100. The maximum atomic E-state index is 13.2. The highest BCUT2D eigenvalue weighted by Gasteiger charge is 2.38. The van der Waals surface area contributed by atoms with E-state index in [0.29, 0.717) is 5.02 Å². The van der Waals surface area contributed by atoms with E-state index in [1.165, 1.54) is 25.1 Å². The number of nitrogens with zero attached hydrogens (tertiary/aromatic N) is 2. The minimum atomic E-state index is -4.93. The lowest BCUT2D eigenvalue weighted by atomic mass is 10.2. The topological polar surface area (TPSA) is 64.0 Å². The second kappa shape index (κ2) is 7.63. The van der Waals surface area contributed by atoms with Crippen molar-refractivity contribution in [3.8, 4) is 0 Å². The first-order valence-electron chi connectivity index (χ1n) is 8.29. The van der Waals surface area contributed by atoms with E-state index in [0.717, 1.165) is 10.1 Å². The Morgan fingerprint density at radius 1 is 1.21 bits per heavy atom. The lowest BCUT2D eigenvalue weighted by Gasteiger charge is -2.19. The number of hydrogen-bond acceptors (Lipinski definition) is 3. The molecule has 3 rings (SSSR count). The summed E-state index contributed by atoms with van der Waals surface area (Å²) in [6, 6.07) is 11.5. The van der Waals surface area contributed by atoms with Crippen molar-refractivity contribution in [2.24, 2.45) is 0 Å². The van der Waals surface area contributed by atoms with Crippen LogP contribution in [-0.2, 0) is 17.5 Å². The molecule has 0 saturated heterocycles. The van der Waals surface area contributed by atoms with E-state index in [1.54, 1.807) is 30.3 Å². The summed E-state index contributed by atoms with van der Waals surface area (Å²) < 4.78 is 40.5. The number of alkyl halides is 3. The van der Waals surface area contributed by atoms with Gasteiger partial charge in [-0.05, 0) is 36.8 Å². The number of carbonyl (C=O) groups is 1. The first-order chi connectivity index (χ1) is 13.2. The smallest absolute Gasteiger partial charge is 0.350 e. The van der Waals surface area contributed by atoms with Crippen molar-refractivity contribution >= 4 is 28.5 Å². The standard InChI is InChI=1S/C19H15ClF3N3O2/c1-11(17(27)24-10-12-5-4-6-13(20)9-12)26-15-8-3-2-7-14(15)25-16(18(26)28)19(21,22)23/h2-9,11H,10H2,1H3,(H,24,27)/t11-/m0/s1. The van der Waals surface area contributed by atoms with Gasteiger partial charge in [-0.25, -0.2) is 4.98 Å². The van der Waals surface area contributed by atoms with E-state index >= 15 is 0 Å². The maximum absolute atomic E-state index is 13.2. The van der Waals surface area contributed by atoms with Crippen LogP contribution in [0.5, 0.6) is 0 Å². The molecule has 0 aliphatic carbocycles. The number of nitrogens with one attached hydrogen (secondary N) is 1. The van der Waals surface area contributed by atoms with Gasteiger partial charge in [-0.1, -0.05) is 35.9 Å². The number of para-hydroxylation sites is 2. The molecule has 2 aromatic carbocycles. The van der Waals surface area contributed by atoms with Gasteiger partial charge < -0.3 is 5.32 Å². The number of aromatic nitrogens is 2. The van der Waals surface area contributed by atoms with Crippen molar-refractivity contribution in [1.82, 2.24) is 14.9 Å². The van der Waals surface area contributed by atoms with Crippen LogP contribution < -0.4 is 10.9 Å². The zero-order chi connectivity index (χ0) is 20.5. The SMILES string of the molecule is C[C@@H](C(=O)NCc1cccc(Cl)c1)n1c(=O)c(C(F)(F)F)nc2ccccc21. The fourth-order valence-electron chi connectivity index (χ4n) is 2.82. The number of halogens is 4. The molecule has 0 fully saturated rings. The average Bonchev–Trinajstić information content (AvgIpc) is 2.64. The second-order valence-corrected chi connectivity index (χ2v) is 6.58. The number of benzene rings is 2. The molecule has 9 heteroatoms. The van der Waals surface area contributed by atoms with Gasteiger partial charge in [0.2, 0.25) is 11.6 Å². The highest BCUT2D eigenvalue weighted by atomic mass is 35.5. The number of hydrogen-bond donors (Lipinski definition) is 1. The molecular weight excluding hydrogens is 395 g/mol. The van der Waals surface area contributed by atoms with Crippen LogP contribution in [0, 0.1) is 0 Å². The molecule has 1 atom stereocenters. The molecule has 0 saturated carbocycles. The lowest BCUT2D eigenvalue weighted by Crippen LogP contribution is -2.38. The molecule has 0 aliphatic heterocycles. The third-order valence-electron chi connectivity index (χ3n) is 4.19. The molecule has 0 spiro atoms. The van der Waals surface area contributed by atoms with Crippen LogP contribution in [0.25, 0.3) is 11.0 Å². The van der Waals surface area contributed by atoms with Crippen LogP contribution in [0.4, 0.5) is 13.2 Å². The second-order valence-electron chi connectivity index (χ2n) is 6.15. The van der Waals surface area contributed by atoms with E-state index in [9.17, 15) is 22.8 Å². The summed E-state index contributed by atoms with van der Waals surface area (Å²) in [5.74, 6) is -0.605. The minimum Gasteiger partial charge on any atom is -0.350 e. The summed E-state index contributed by atoms with van der Waals surface area (Å²) in [4.78, 5) is 28.5. The number of rotatable bonds is 4. The molecule has 0 aliphatic rings. The fourth-order valence-corrected chi connectivity index (χ4v) is 3.04. The largest absolute Gasteiger partial charge is 0.438 e. The number of amides is 1. The zero-order valence-corrected chi connectivity index (χ0v) is 15.4. The van der Waals surface area contributed by atoms with Gasteiger partial charge in [-0.2, -0.15) is 13.2 Å². The van der Waals surface area contributed by atoms with E-state index in [-0.39, 0.29) is 17.6 Å². The first kappa shape index (κ1) is 19.9. The van der Waals surface area contributed by atoms with Gasteiger partial charge >= 0.3 is 6.18 Å². The van der Waals surface area contributed by atoms with Crippen LogP contribution >= 0.6 is 11.6 Å². The van der Waals surface area contributed by atoms with Crippen molar-refractivity contribution < 1.29 is 18.0 Å². The number of fused-ring (bicyclic) bond motifs is 1. The summed E-state index contributed by atoms with van der Waals surface area (Å²) in [5, 5.41) is 3.11. The minimum absolute atomic E-state index is 0.0242. The van der Waals surface area contributed by atoms with Crippen molar-refractivity contribution in [3.05, 3.63) is 75.2 Å². The van der Waals surface area contributed by atoms with Crippen molar-refractivity contribution in [2.45, 2.75) is 25.7 Å². The average molecular weight is 410 g/mol. The van der Waals surface area contributed by atoms with Crippen LogP contribution in [0.15, 0.2) is 53.3 Å². The number of carbonyl (C=O) groups excluding carboxylic acids is 1. The van der Waals surface area contributed by atoms with Gasteiger partial charge in [0.1, 0.15) is 6.04 Å². The normalized spacial score (nSPS) is 12.8. The third kappa shape index (κ3) is 4.01. The molecule has 0 radical (unpaired) electrons. The quantitative estimate of drug-likeness (QED) is 0.709. The molecule has 1 heterocycles. The van der Waals surface area contributed by atoms with E-state index in [2.05, 4.69) is 10.3 Å². The van der Waals surface area contributed by atoms with E-state index < -0.39 is 29.4 Å². The lowest BCUT2D eigenvalue weighted by molar-refractivity contribution is -0.142. The molecule has 0 bridgehead atoms. The predicted octanol–water partition coefficient (Wildman–Crippen LogP) is 3.95. The highest BCUT2D eigenvalue weighted by molar-refractivity contribution is 6.30. The summed E-state index contributed by atoms with van der Waals surface area (Å²) in [7, 11) is 0. The van der Waals surface area contributed by atoms with Crippen LogP contribution in [0.1, 0.15) is 24.2 Å². The van der Waals surface area contributed by atoms with Crippen LogP contribution in [-0.4, -0.2) is 15.5 Å². The Morgan fingerprint density at radius 3 is 2.61 bits per heavy atom. The van der Waals surface area contributed by atoms with Gasteiger partial charge in [0.25, 0.3) is 5.56 Å². The van der Waals surface area contributed by atoms with Gasteiger partial charge in [0.15, 0.2) is 0 Å². The molecule has 146 valence electrons.